The second-order valence-corrected chi connectivity index (χ2v) is 4.91. The summed E-state index contributed by atoms with van der Waals surface area (Å²) in [5, 5.41) is 0. The highest BCUT2D eigenvalue weighted by Gasteiger charge is 2.03. The summed E-state index contributed by atoms with van der Waals surface area (Å²) in [6.45, 7) is 13.6. The Morgan fingerprint density at radius 1 is 1.07 bits per heavy atom. The fraction of sp³-hybridized carbons (Fsp3) is 0.733. The molecular weight excluding hydrogens is 180 g/mol. The minimum Gasteiger partial charge on any atom is -0.0887 e. The molecule has 0 aliphatic carbocycles. The zero-order chi connectivity index (χ0) is 11.8. The van der Waals surface area contributed by atoms with Crippen LogP contribution in [-0.4, -0.2) is 0 Å². The van der Waals surface area contributed by atoms with E-state index in [9.17, 15) is 0 Å². The molecule has 0 N–H and O–H groups in total. The van der Waals surface area contributed by atoms with Crippen molar-refractivity contribution >= 4 is 0 Å². The SMILES string of the molecule is CC=C(C)CCC(C)=C(C)CC(C)CC. The lowest BCUT2D eigenvalue weighted by molar-refractivity contribution is 0.553. The van der Waals surface area contributed by atoms with Crippen molar-refractivity contribution in [2.24, 2.45) is 5.92 Å². The molecule has 0 aliphatic heterocycles. The minimum absolute atomic E-state index is 0.836. The molecule has 1 unspecified atom stereocenters. The number of allylic oxidation sites excluding steroid dienone is 4. The van der Waals surface area contributed by atoms with Crippen LogP contribution < -0.4 is 0 Å². The van der Waals surface area contributed by atoms with Crippen LogP contribution in [0.25, 0.3) is 0 Å². The summed E-state index contributed by atoms with van der Waals surface area (Å²) in [6.07, 6.45) is 7.24. The average Bonchev–Trinajstić information content (AvgIpc) is 2.24. The fourth-order valence-corrected chi connectivity index (χ4v) is 1.58. The zero-order valence-electron chi connectivity index (χ0n) is 11.5. The van der Waals surface area contributed by atoms with Crippen LogP contribution in [0.1, 0.15) is 67.2 Å². The van der Waals surface area contributed by atoms with Crippen molar-refractivity contribution in [2.45, 2.75) is 67.2 Å². The Labute approximate surface area is 96.5 Å². The smallest absolute Gasteiger partial charge is 0.0283 e. The first-order valence-electron chi connectivity index (χ1n) is 6.28. The molecule has 0 heterocycles. The van der Waals surface area contributed by atoms with Crippen molar-refractivity contribution in [3.05, 3.63) is 22.8 Å². The highest BCUT2D eigenvalue weighted by Crippen LogP contribution is 2.21. The lowest BCUT2D eigenvalue weighted by Gasteiger charge is -2.12. The van der Waals surface area contributed by atoms with Crippen molar-refractivity contribution < 1.29 is 0 Å². The summed E-state index contributed by atoms with van der Waals surface area (Å²) in [4.78, 5) is 0. The van der Waals surface area contributed by atoms with Crippen molar-refractivity contribution in [1.29, 1.82) is 0 Å². The van der Waals surface area contributed by atoms with E-state index in [4.69, 9.17) is 0 Å². The molecular formula is C15H28. The van der Waals surface area contributed by atoms with Crippen LogP contribution in [0, 0.1) is 5.92 Å². The highest BCUT2D eigenvalue weighted by atomic mass is 14.1. The molecule has 0 radical (unpaired) electrons. The van der Waals surface area contributed by atoms with Gasteiger partial charge in [0, 0.05) is 0 Å². The molecule has 88 valence electrons. The predicted molar refractivity (Wildman–Crippen MR) is 71.1 cm³/mol. The summed E-state index contributed by atoms with van der Waals surface area (Å²) in [6, 6.07) is 0. The van der Waals surface area contributed by atoms with Gasteiger partial charge in [-0.05, 0) is 52.9 Å². The lowest BCUT2D eigenvalue weighted by atomic mass is 9.94. The summed E-state index contributed by atoms with van der Waals surface area (Å²) >= 11 is 0. The molecule has 0 saturated carbocycles. The van der Waals surface area contributed by atoms with Crippen molar-refractivity contribution in [1.82, 2.24) is 0 Å². The molecule has 0 fully saturated rings. The van der Waals surface area contributed by atoms with Gasteiger partial charge in [0.25, 0.3) is 0 Å². The molecule has 1 atom stereocenters. The van der Waals surface area contributed by atoms with E-state index in [1.54, 1.807) is 11.1 Å². The second kappa shape index (κ2) is 7.73. The Hall–Kier alpha value is -0.520. The van der Waals surface area contributed by atoms with Crippen molar-refractivity contribution in [3.8, 4) is 0 Å². The van der Waals surface area contributed by atoms with Gasteiger partial charge in [-0.1, -0.05) is 43.1 Å². The van der Waals surface area contributed by atoms with E-state index in [2.05, 4.69) is 47.6 Å². The maximum atomic E-state index is 2.34. The predicted octanol–water partition coefficient (Wildman–Crippen LogP) is 5.51. The normalized spacial score (nSPS) is 16.3. The number of hydrogen-bond donors (Lipinski definition) is 0. The Balaban J connectivity index is 4.14. The molecule has 0 rings (SSSR count). The van der Waals surface area contributed by atoms with E-state index < -0.39 is 0 Å². The van der Waals surface area contributed by atoms with Crippen LogP contribution in [0.5, 0.6) is 0 Å². The molecule has 0 bridgehead atoms. The second-order valence-electron chi connectivity index (χ2n) is 4.91. The first kappa shape index (κ1) is 14.5. The van der Waals surface area contributed by atoms with Gasteiger partial charge >= 0.3 is 0 Å². The van der Waals surface area contributed by atoms with Gasteiger partial charge in [-0.15, -0.1) is 0 Å². The lowest BCUT2D eigenvalue weighted by Crippen LogP contribution is -1.95. The summed E-state index contributed by atoms with van der Waals surface area (Å²) < 4.78 is 0. The van der Waals surface area contributed by atoms with Gasteiger partial charge in [-0.2, -0.15) is 0 Å². The molecule has 0 spiro atoms. The molecule has 0 saturated heterocycles. The van der Waals surface area contributed by atoms with E-state index in [0.29, 0.717) is 0 Å². The Morgan fingerprint density at radius 3 is 2.13 bits per heavy atom. The van der Waals surface area contributed by atoms with Crippen molar-refractivity contribution in [3.63, 3.8) is 0 Å². The highest BCUT2D eigenvalue weighted by molar-refractivity contribution is 5.12. The van der Waals surface area contributed by atoms with E-state index in [1.165, 1.54) is 31.3 Å². The first-order valence-corrected chi connectivity index (χ1v) is 6.28. The van der Waals surface area contributed by atoms with Crippen LogP contribution in [0.2, 0.25) is 0 Å². The van der Waals surface area contributed by atoms with Crippen molar-refractivity contribution in [2.75, 3.05) is 0 Å². The van der Waals surface area contributed by atoms with Gasteiger partial charge in [0.05, 0.1) is 0 Å². The molecule has 0 aliphatic rings. The van der Waals surface area contributed by atoms with Gasteiger partial charge in [0.2, 0.25) is 0 Å². The van der Waals surface area contributed by atoms with Gasteiger partial charge in [0.1, 0.15) is 0 Å². The number of hydrogen-bond acceptors (Lipinski definition) is 0. The Kier molecular flexibility index (Phi) is 7.46. The third-order valence-electron chi connectivity index (χ3n) is 3.47. The molecule has 0 amide bonds. The molecule has 15 heavy (non-hydrogen) atoms. The van der Waals surface area contributed by atoms with E-state index in [0.717, 1.165) is 5.92 Å². The molecule has 0 nitrogen and oxygen atoms in total. The average molecular weight is 208 g/mol. The van der Waals surface area contributed by atoms with E-state index >= 15 is 0 Å². The van der Waals surface area contributed by atoms with Crippen LogP contribution in [-0.2, 0) is 0 Å². The van der Waals surface area contributed by atoms with E-state index in [-0.39, 0.29) is 0 Å². The molecule has 0 heteroatoms. The summed E-state index contributed by atoms with van der Waals surface area (Å²) in [7, 11) is 0. The van der Waals surface area contributed by atoms with E-state index in [1.807, 2.05) is 0 Å². The maximum absolute atomic E-state index is 2.34. The van der Waals surface area contributed by atoms with Gasteiger partial charge < -0.3 is 0 Å². The zero-order valence-corrected chi connectivity index (χ0v) is 11.5. The summed E-state index contributed by atoms with van der Waals surface area (Å²) in [5.41, 5.74) is 4.70. The molecule has 0 aromatic carbocycles. The monoisotopic (exact) mass is 208 g/mol. The van der Waals surface area contributed by atoms with Crippen LogP contribution in [0.15, 0.2) is 22.8 Å². The Morgan fingerprint density at radius 2 is 1.67 bits per heavy atom. The maximum Gasteiger partial charge on any atom is -0.0283 e. The molecule has 0 aromatic heterocycles. The fourth-order valence-electron chi connectivity index (χ4n) is 1.58. The first-order chi connectivity index (χ1) is 7.01. The molecule has 0 aromatic rings. The topological polar surface area (TPSA) is 0 Å². The number of rotatable bonds is 6. The van der Waals surface area contributed by atoms with Crippen LogP contribution >= 0.6 is 0 Å². The largest absolute Gasteiger partial charge is 0.0887 e. The summed E-state index contributed by atoms with van der Waals surface area (Å²) in [5.74, 6) is 0.836. The standard InChI is InChI=1S/C15H28/c1-7-12(3)9-10-14(5)15(6)11-13(4)8-2/h7,13H,8-11H2,1-6H3. The minimum atomic E-state index is 0.836. The Bertz CT molecular complexity index is 230. The van der Waals surface area contributed by atoms with Crippen LogP contribution in [0.3, 0.4) is 0 Å². The van der Waals surface area contributed by atoms with Gasteiger partial charge in [0.15, 0.2) is 0 Å². The van der Waals surface area contributed by atoms with Gasteiger partial charge in [-0.25, -0.2) is 0 Å². The van der Waals surface area contributed by atoms with Gasteiger partial charge in [-0.3, -0.25) is 0 Å². The quantitative estimate of drug-likeness (QED) is 0.505. The third-order valence-corrected chi connectivity index (χ3v) is 3.47. The third kappa shape index (κ3) is 6.54. The van der Waals surface area contributed by atoms with Crippen LogP contribution in [0.4, 0.5) is 0 Å².